The molecule has 1 N–H and O–H groups in total. The van der Waals surface area contributed by atoms with Crippen LogP contribution in [0.3, 0.4) is 0 Å². The zero-order valence-corrected chi connectivity index (χ0v) is 8.10. The van der Waals surface area contributed by atoms with E-state index in [1.165, 1.54) is 12.8 Å². The molecule has 1 aromatic rings. The van der Waals surface area contributed by atoms with Crippen LogP contribution in [-0.2, 0) is 0 Å². The maximum atomic E-state index is 10.9. The lowest BCUT2D eigenvalue weighted by atomic mass is 10.2. The lowest BCUT2D eigenvalue weighted by Gasteiger charge is -2.13. The maximum absolute atomic E-state index is 10.9. The number of rotatable bonds is 2. The van der Waals surface area contributed by atoms with E-state index < -0.39 is 5.97 Å². The Kier molecular flexibility index (Phi) is 2.23. The van der Waals surface area contributed by atoms with Crippen LogP contribution in [0, 0.1) is 6.92 Å². The van der Waals surface area contributed by atoms with E-state index in [1.807, 2.05) is 0 Å². The van der Waals surface area contributed by atoms with E-state index in [0.29, 0.717) is 5.82 Å². The van der Waals surface area contributed by atoms with Gasteiger partial charge in [0.2, 0.25) is 5.82 Å². The minimum atomic E-state index is -0.988. The molecule has 1 fully saturated rings. The molecule has 2 rings (SSSR count). The number of nitrogens with zero attached hydrogens (tertiary/aromatic N) is 3. The first-order chi connectivity index (χ1) is 6.70. The highest BCUT2D eigenvalue weighted by Crippen LogP contribution is 2.30. The van der Waals surface area contributed by atoms with Gasteiger partial charge in [0.15, 0.2) is 0 Å². The molecule has 1 heterocycles. The summed E-state index contributed by atoms with van der Waals surface area (Å²) in [6, 6.07) is 0.288. The van der Waals surface area contributed by atoms with E-state index in [-0.39, 0.29) is 11.9 Å². The molecular formula is C9H13N3O2. The van der Waals surface area contributed by atoms with E-state index >= 15 is 0 Å². The second-order valence-corrected chi connectivity index (χ2v) is 3.68. The van der Waals surface area contributed by atoms with Crippen molar-refractivity contribution in [3.63, 3.8) is 0 Å². The lowest BCUT2D eigenvalue weighted by Crippen LogP contribution is -2.14. The molecule has 5 nitrogen and oxygen atoms in total. The Morgan fingerprint density at radius 2 is 2.07 bits per heavy atom. The zero-order chi connectivity index (χ0) is 10.1. The van der Waals surface area contributed by atoms with Gasteiger partial charge in [-0.1, -0.05) is 12.8 Å². The number of hydrogen-bond acceptors (Lipinski definition) is 3. The number of hydrogen-bond donors (Lipinski definition) is 1. The fourth-order valence-corrected chi connectivity index (χ4v) is 2.11. The van der Waals surface area contributed by atoms with Gasteiger partial charge in [-0.25, -0.2) is 4.79 Å². The minimum Gasteiger partial charge on any atom is -0.475 e. The number of carboxylic acid groups (broad SMARTS) is 1. The Morgan fingerprint density at radius 3 is 2.64 bits per heavy atom. The quantitative estimate of drug-likeness (QED) is 0.774. The molecular weight excluding hydrogens is 182 g/mol. The molecule has 0 bridgehead atoms. The predicted octanol–water partition coefficient (Wildman–Crippen LogP) is 1.40. The number of aryl methyl sites for hydroxylation is 1. The molecule has 1 aromatic heterocycles. The largest absolute Gasteiger partial charge is 0.475 e. The molecule has 0 aliphatic heterocycles. The summed E-state index contributed by atoms with van der Waals surface area (Å²) in [4.78, 5) is 10.9. The van der Waals surface area contributed by atoms with Gasteiger partial charge in [-0.15, -0.1) is 10.2 Å². The number of aromatic nitrogens is 3. The van der Waals surface area contributed by atoms with Crippen molar-refractivity contribution < 1.29 is 9.90 Å². The summed E-state index contributed by atoms with van der Waals surface area (Å²) < 4.78 is 1.76. The summed E-state index contributed by atoms with van der Waals surface area (Å²) in [5.74, 6) is -0.207. The van der Waals surface area contributed by atoms with Crippen molar-refractivity contribution in [2.45, 2.75) is 38.6 Å². The molecule has 0 aromatic carbocycles. The fourth-order valence-electron chi connectivity index (χ4n) is 2.11. The van der Waals surface area contributed by atoms with Gasteiger partial charge < -0.3 is 9.67 Å². The van der Waals surface area contributed by atoms with E-state index in [9.17, 15) is 4.79 Å². The number of aromatic carboxylic acids is 1. The monoisotopic (exact) mass is 195 g/mol. The summed E-state index contributed by atoms with van der Waals surface area (Å²) in [6.07, 6.45) is 4.42. The summed E-state index contributed by atoms with van der Waals surface area (Å²) in [5.41, 5.74) is 0. The molecule has 0 spiro atoms. The van der Waals surface area contributed by atoms with Crippen molar-refractivity contribution in [1.82, 2.24) is 14.8 Å². The normalized spacial score (nSPS) is 17.5. The lowest BCUT2D eigenvalue weighted by molar-refractivity contribution is 0.0674. The van der Waals surface area contributed by atoms with Crippen LogP contribution < -0.4 is 0 Å². The Morgan fingerprint density at radius 1 is 1.43 bits per heavy atom. The molecule has 76 valence electrons. The molecule has 0 amide bonds. The summed E-state index contributed by atoms with van der Waals surface area (Å²) in [6.45, 7) is 1.80. The molecule has 0 atom stereocenters. The molecule has 0 radical (unpaired) electrons. The fraction of sp³-hybridized carbons (Fsp3) is 0.667. The third-order valence-electron chi connectivity index (χ3n) is 2.75. The van der Waals surface area contributed by atoms with Crippen molar-refractivity contribution >= 4 is 5.97 Å². The zero-order valence-electron chi connectivity index (χ0n) is 8.10. The molecule has 1 aliphatic rings. The molecule has 0 unspecified atom stereocenters. The topological polar surface area (TPSA) is 68.0 Å². The van der Waals surface area contributed by atoms with E-state index in [1.54, 1.807) is 11.5 Å². The van der Waals surface area contributed by atoms with Gasteiger partial charge in [0.25, 0.3) is 0 Å². The van der Waals surface area contributed by atoms with Crippen LogP contribution in [0.1, 0.15) is 48.2 Å². The minimum absolute atomic E-state index is 0.0781. The van der Waals surface area contributed by atoms with E-state index in [4.69, 9.17) is 5.11 Å². The van der Waals surface area contributed by atoms with Crippen LogP contribution in [0.15, 0.2) is 0 Å². The van der Waals surface area contributed by atoms with Gasteiger partial charge in [0, 0.05) is 6.04 Å². The highest BCUT2D eigenvalue weighted by molar-refractivity contribution is 5.83. The highest BCUT2D eigenvalue weighted by atomic mass is 16.4. The average molecular weight is 195 g/mol. The molecule has 0 saturated heterocycles. The van der Waals surface area contributed by atoms with Crippen molar-refractivity contribution in [3.8, 4) is 0 Å². The van der Waals surface area contributed by atoms with Crippen molar-refractivity contribution in [2.24, 2.45) is 0 Å². The molecule has 1 saturated carbocycles. The maximum Gasteiger partial charge on any atom is 0.374 e. The van der Waals surface area contributed by atoms with Crippen LogP contribution in [0.5, 0.6) is 0 Å². The second-order valence-electron chi connectivity index (χ2n) is 3.68. The van der Waals surface area contributed by atoms with Gasteiger partial charge in [-0.05, 0) is 19.8 Å². The van der Waals surface area contributed by atoms with Gasteiger partial charge in [0.1, 0.15) is 5.82 Å². The average Bonchev–Trinajstić information content (AvgIpc) is 2.71. The Bertz CT molecular complexity index is 353. The Hall–Kier alpha value is -1.39. The summed E-state index contributed by atoms with van der Waals surface area (Å²) in [5, 5.41) is 16.4. The summed E-state index contributed by atoms with van der Waals surface area (Å²) in [7, 11) is 0. The number of carboxylic acids is 1. The van der Waals surface area contributed by atoms with Crippen LogP contribution in [0.25, 0.3) is 0 Å². The SMILES string of the molecule is Cc1nnc(C(=O)O)n1C1CCCC1. The van der Waals surface area contributed by atoms with Crippen LogP contribution >= 0.6 is 0 Å². The Labute approximate surface area is 81.8 Å². The van der Waals surface area contributed by atoms with Crippen molar-refractivity contribution in [3.05, 3.63) is 11.6 Å². The smallest absolute Gasteiger partial charge is 0.374 e. The standard InChI is InChI=1S/C9H13N3O2/c1-6-10-11-8(9(13)14)12(6)7-4-2-3-5-7/h7H,2-5H2,1H3,(H,13,14). The van der Waals surface area contributed by atoms with Gasteiger partial charge in [-0.3, -0.25) is 0 Å². The first-order valence-corrected chi connectivity index (χ1v) is 4.85. The van der Waals surface area contributed by atoms with E-state index in [2.05, 4.69) is 10.2 Å². The third-order valence-corrected chi connectivity index (χ3v) is 2.75. The van der Waals surface area contributed by atoms with Gasteiger partial charge in [-0.2, -0.15) is 0 Å². The molecule has 1 aliphatic carbocycles. The van der Waals surface area contributed by atoms with Crippen LogP contribution in [0.4, 0.5) is 0 Å². The second kappa shape index (κ2) is 3.40. The van der Waals surface area contributed by atoms with Crippen LogP contribution in [-0.4, -0.2) is 25.8 Å². The first-order valence-electron chi connectivity index (χ1n) is 4.85. The van der Waals surface area contributed by atoms with Crippen molar-refractivity contribution in [2.75, 3.05) is 0 Å². The third kappa shape index (κ3) is 1.38. The molecule has 14 heavy (non-hydrogen) atoms. The predicted molar refractivity (Wildman–Crippen MR) is 49.2 cm³/mol. The highest BCUT2D eigenvalue weighted by Gasteiger charge is 2.24. The van der Waals surface area contributed by atoms with Crippen LogP contribution in [0.2, 0.25) is 0 Å². The molecule has 5 heteroatoms. The van der Waals surface area contributed by atoms with E-state index in [0.717, 1.165) is 12.8 Å². The first kappa shape index (κ1) is 9.18. The summed E-state index contributed by atoms with van der Waals surface area (Å²) >= 11 is 0. The number of carbonyl (C=O) groups is 1. The van der Waals surface area contributed by atoms with Gasteiger partial charge in [0.05, 0.1) is 0 Å². The Balaban J connectivity index is 2.38. The van der Waals surface area contributed by atoms with Crippen molar-refractivity contribution in [1.29, 1.82) is 0 Å². The van der Waals surface area contributed by atoms with Gasteiger partial charge >= 0.3 is 5.97 Å².